The first-order valence-electron chi connectivity index (χ1n) is 6.81. The molecule has 0 spiro atoms. The highest BCUT2D eigenvalue weighted by Gasteiger charge is 2.26. The number of nitro groups is 1. The van der Waals surface area contributed by atoms with Gasteiger partial charge >= 0.3 is 5.69 Å². The van der Waals surface area contributed by atoms with E-state index >= 15 is 0 Å². The molecule has 0 aromatic carbocycles. The Morgan fingerprint density at radius 3 is 2.85 bits per heavy atom. The zero-order chi connectivity index (χ0) is 14.5. The third-order valence-electron chi connectivity index (χ3n) is 3.73. The van der Waals surface area contributed by atoms with Gasteiger partial charge in [-0.3, -0.25) is 10.1 Å². The molecule has 0 unspecified atom stereocenters. The molecule has 1 aromatic rings. The summed E-state index contributed by atoms with van der Waals surface area (Å²) in [5.74, 6) is 1.19. The van der Waals surface area contributed by atoms with Crippen LogP contribution in [-0.2, 0) is 0 Å². The van der Waals surface area contributed by atoms with Crippen LogP contribution in [0.2, 0.25) is 0 Å². The van der Waals surface area contributed by atoms with E-state index in [1.807, 2.05) is 11.9 Å². The lowest BCUT2D eigenvalue weighted by Gasteiger charge is -2.32. The van der Waals surface area contributed by atoms with Crippen molar-refractivity contribution >= 4 is 27.4 Å². The molecule has 1 saturated heterocycles. The number of anilines is 1. The fourth-order valence-corrected chi connectivity index (χ4v) is 2.90. The molecule has 1 fully saturated rings. The lowest BCUT2D eigenvalue weighted by atomic mass is 9.93. The molecule has 0 radical (unpaired) electrons. The van der Waals surface area contributed by atoms with Crippen molar-refractivity contribution in [2.45, 2.75) is 19.3 Å². The van der Waals surface area contributed by atoms with Crippen LogP contribution in [0.1, 0.15) is 19.3 Å². The zero-order valence-corrected chi connectivity index (χ0v) is 13.1. The Bertz CT molecular complexity index is 475. The Balaban J connectivity index is 2.05. The Labute approximate surface area is 126 Å². The normalized spacial score (nSPS) is 16.4. The fourth-order valence-electron chi connectivity index (χ4n) is 2.58. The molecule has 0 bridgehead atoms. The van der Waals surface area contributed by atoms with Gasteiger partial charge in [0, 0.05) is 29.8 Å². The van der Waals surface area contributed by atoms with Gasteiger partial charge in [0.25, 0.3) is 0 Å². The highest BCUT2D eigenvalue weighted by atomic mass is 79.9. The van der Waals surface area contributed by atoms with Crippen LogP contribution in [0.4, 0.5) is 11.5 Å². The van der Waals surface area contributed by atoms with Crippen LogP contribution >= 0.6 is 15.9 Å². The second kappa shape index (κ2) is 6.99. The number of aromatic nitrogens is 1. The maximum atomic E-state index is 11.1. The van der Waals surface area contributed by atoms with Crippen molar-refractivity contribution in [1.82, 2.24) is 10.3 Å². The number of rotatable bonds is 5. The van der Waals surface area contributed by atoms with Crippen molar-refractivity contribution in [2.24, 2.45) is 5.92 Å². The summed E-state index contributed by atoms with van der Waals surface area (Å²) in [6.07, 6.45) is 4.92. The summed E-state index contributed by atoms with van der Waals surface area (Å²) >= 11 is 3.23. The van der Waals surface area contributed by atoms with Crippen LogP contribution in [0.25, 0.3) is 0 Å². The van der Waals surface area contributed by atoms with E-state index in [0.29, 0.717) is 16.2 Å². The number of hydrogen-bond donors (Lipinski definition) is 1. The van der Waals surface area contributed by atoms with Gasteiger partial charge < -0.3 is 10.2 Å². The average molecular weight is 343 g/mol. The minimum atomic E-state index is -0.361. The maximum Gasteiger partial charge on any atom is 0.312 e. The molecule has 1 aliphatic rings. The number of nitrogens with one attached hydrogen (secondary N) is 1. The van der Waals surface area contributed by atoms with E-state index in [4.69, 9.17) is 0 Å². The molecule has 2 heterocycles. The van der Waals surface area contributed by atoms with Gasteiger partial charge in [0.1, 0.15) is 0 Å². The summed E-state index contributed by atoms with van der Waals surface area (Å²) in [7, 11) is 1.96. The van der Waals surface area contributed by atoms with Crippen LogP contribution in [0.3, 0.4) is 0 Å². The maximum absolute atomic E-state index is 11.1. The number of hydrogen-bond acceptors (Lipinski definition) is 5. The molecule has 1 N–H and O–H groups in total. The van der Waals surface area contributed by atoms with Gasteiger partial charge in [0.15, 0.2) is 0 Å². The summed E-state index contributed by atoms with van der Waals surface area (Å²) < 4.78 is 0.636. The molecule has 6 nitrogen and oxygen atoms in total. The molecular weight excluding hydrogens is 324 g/mol. The first-order valence-corrected chi connectivity index (χ1v) is 7.60. The van der Waals surface area contributed by atoms with E-state index in [1.165, 1.54) is 12.5 Å². The largest absolute Gasteiger partial charge is 0.351 e. The second-order valence-electron chi connectivity index (χ2n) is 5.08. The van der Waals surface area contributed by atoms with Gasteiger partial charge in [-0.2, -0.15) is 0 Å². The van der Waals surface area contributed by atoms with E-state index in [-0.39, 0.29) is 10.6 Å². The molecule has 110 valence electrons. The summed E-state index contributed by atoms with van der Waals surface area (Å²) in [6.45, 7) is 2.70. The minimum absolute atomic E-state index is 0.0769. The number of nitrogens with zero attached hydrogens (tertiary/aromatic N) is 3. The van der Waals surface area contributed by atoms with Crippen LogP contribution in [0.5, 0.6) is 0 Å². The highest BCUT2D eigenvalue weighted by Crippen LogP contribution is 2.31. The highest BCUT2D eigenvalue weighted by molar-refractivity contribution is 9.10. The van der Waals surface area contributed by atoms with E-state index in [2.05, 4.69) is 26.2 Å². The molecule has 2 rings (SSSR count). The predicted molar refractivity (Wildman–Crippen MR) is 82.1 cm³/mol. The predicted octanol–water partition coefficient (Wildman–Crippen LogP) is 2.58. The Morgan fingerprint density at radius 2 is 2.25 bits per heavy atom. The smallest absolute Gasteiger partial charge is 0.312 e. The topological polar surface area (TPSA) is 71.3 Å². The lowest BCUT2D eigenvalue weighted by Crippen LogP contribution is -2.35. The van der Waals surface area contributed by atoms with Gasteiger partial charge in [0.2, 0.25) is 5.82 Å². The Kier molecular flexibility index (Phi) is 5.31. The molecule has 20 heavy (non-hydrogen) atoms. The number of piperidine rings is 1. The van der Waals surface area contributed by atoms with Crippen molar-refractivity contribution in [3.8, 4) is 0 Å². The summed E-state index contributed by atoms with van der Waals surface area (Å²) in [4.78, 5) is 17.0. The van der Waals surface area contributed by atoms with E-state index < -0.39 is 0 Å². The van der Waals surface area contributed by atoms with Crippen LogP contribution in [0, 0.1) is 16.0 Å². The third-order valence-corrected chi connectivity index (χ3v) is 4.16. The Morgan fingerprint density at radius 1 is 1.55 bits per heavy atom. The van der Waals surface area contributed by atoms with E-state index in [9.17, 15) is 10.1 Å². The van der Waals surface area contributed by atoms with Crippen molar-refractivity contribution in [3.63, 3.8) is 0 Å². The monoisotopic (exact) mass is 342 g/mol. The van der Waals surface area contributed by atoms with Gasteiger partial charge in [-0.15, -0.1) is 0 Å². The van der Waals surface area contributed by atoms with Crippen molar-refractivity contribution in [1.29, 1.82) is 0 Å². The summed E-state index contributed by atoms with van der Waals surface area (Å²) in [5, 5.41) is 14.3. The zero-order valence-electron chi connectivity index (χ0n) is 11.5. The summed E-state index contributed by atoms with van der Waals surface area (Å²) in [5.41, 5.74) is 0.0769. The number of pyridine rings is 1. The van der Waals surface area contributed by atoms with E-state index in [0.717, 1.165) is 32.5 Å². The fraction of sp³-hybridized carbons (Fsp3) is 0.615. The third kappa shape index (κ3) is 3.67. The van der Waals surface area contributed by atoms with Crippen molar-refractivity contribution in [2.75, 3.05) is 31.6 Å². The minimum Gasteiger partial charge on any atom is -0.351 e. The molecule has 1 aliphatic heterocycles. The van der Waals surface area contributed by atoms with Crippen molar-refractivity contribution in [3.05, 3.63) is 26.9 Å². The second-order valence-corrected chi connectivity index (χ2v) is 5.99. The molecule has 7 heteroatoms. The quantitative estimate of drug-likeness (QED) is 0.657. The molecular formula is C13H19BrN4O2. The first kappa shape index (κ1) is 15.2. The molecule has 0 atom stereocenters. The van der Waals surface area contributed by atoms with Crippen LogP contribution in [0.15, 0.2) is 16.7 Å². The summed E-state index contributed by atoms with van der Waals surface area (Å²) in [6, 6.07) is 1.52. The molecule has 0 saturated carbocycles. The standard InChI is InChI=1S/C13H19BrN4O2/c1-15-5-2-10-3-6-17(7-4-10)13-12(18(19)20)8-11(14)9-16-13/h8-10,15H,2-7H2,1H3. The van der Waals surface area contributed by atoms with Crippen molar-refractivity contribution < 1.29 is 4.92 Å². The van der Waals surface area contributed by atoms with Crippen LogP contribution in [-0.4, -0.2) is 36.6 Å². The molecule has 0 aliphatic carbocycles. The molecule has 1 aromatic heterocycles. The van der Waals surface area contributed by atoms with Gasteiger partial charge in [-0.05, 0) is 54.7 Å². The van der Waals surface area contributed by atoms with Crippen LogP contribution < -0.4 is 10.2 Å². The van der Waals surface area contributed by atoms with Gasteiger partial charge in [0.05, 0.1) is 4.92 Å². The van der Waals surface area contributed by atoms with Gasteiger partial charge in [-0.1, -0.05) is 0 Å². The Hall–Kier alpha value is -1.21. The number of halogens is 1. The molecule has 0 amide bonds. The van der Waals surface area contributed by atoms with E-state index in [1.54, 1.807) is 6.20 Å². The lowest BCUT2D eigenvalue weighted by molar-refractivity contribution is -0.384. The van der Waals surface area contributed by atoms with Gasteiger partial charge in [-0.25, -0.2) is 4.98 Å². The first-order chi connectivity index (χ1) is 9.61. The average Bonchev–Trinajstić information content (AvgIpc) is 2.45. The SMILES string of the molecule is CNCCC1CCN(c2ncc(Br)cc2[N+](=O)[O-])CC1.